The number of phenols is 1. The first-order chi connectivity index (χ1) is 8.58. The van der Waals surface area contributed by atoms with Crippen LogP contribution < -0.4 is 5.32 Å². The van der Waals surface area contributed by atoms with E-state index in [2.05, 4.69) is 5.32 Å². The molecule has 0 aromatic heterocycles. The van der Waals surface area contributed by atoms with E-state index in [4.69, 9.17) is 11.6 Å². The van der Waals surface area contributed by atoms with E-state index in [0.29, 0.717) is 5.69 Å². The molecule has 0 fully saturated rings. The van der Waals surface area contributed by atoms with Crippen LogP contribution in [0.4, 0.5) is 10.1 Å². The van der Waals surface area contributed by atoms with E-state index in [-0.39, 0.29) is 16.3 Å². The van der Waals surface area contributed by atoms with E-state index in [1.54, 1.807) is 6.07 Å². The van der Waals surface area contributed by atoms with Crippen LogP contribution in [-0.2, 0) is 0 Å². The minimum atomic E-state index is -0.604. The van der Waals surface area contributed by atoms with Crippen molar-refractivity contribution in [1.82, 2.24) is 0 Å². The number of benzene rings is 2. The molecule has 5 heteroatoms. The van der Waals surface area contributed by atoms with Crippen LogP contribution in [0.25, 0.3) is 0 Å². The lowest BCUT2D eigenvalue weighted by Gasteiger charge is -2.07. The molecule has 2 aromatic rings. The molecule has 0 saturated heterocycles. The number of halogens is 2. The molecule has 1 amide bonds. The fraction of sp³-hybridized carbons (Fsp3) is 0. The highest BCUT2D eigenvalue weighted by Gasteiger charge is 2.11. The maximum atomic E-state index is 13.4. The lowest BCUT2D eigenvalue weighted by Crippen LogP contribution is -2.13. The Kier molecular flexibility index (Phi) is 3.48. The van der Waals surface area contributed by atoms with Crippen LogP contribution >= 0.6 is 11.6 Å². The van der Waals surface area contributed by atoms with Crippen LogP contribution in [0.1, 0.15) is 10.4 Å². The number of carbonyl (C=O) groups is 1. The summed E-state index contributed by atoms with van der Waals surface area (Å²) in [7, 11) is 0. The standard InChI is InChI=1S/C13H9ClFNO2/c14-10-6-5-8(7-12(10)17)16-13(18)9-3-1-2-4-11(9)15/h1-7,17H,(H,16,18). The Morgan fingerprint density at radius 3 is 2.61 bits per heavy atom. The minimum Gasteiger partial charge on any atom is -0.506 e. The molecule has 0 spiro atoms. The molecule has 0 atom stereocenters. The molecule has 2 rings (SSSR count). The summed E-state index contributed by atoms with van der Waals surface area (Å²) < 4.78 is 13.4. The van der Waals surface area contributed by atoms with Gasteiger partial charge in [0.15, 0.2) is 0 Å². The van der Waals surface area contributed by atoms with Crippen molar-refractivity contribution in [3.63, 3.8) is 0 Å². The molecule has 0 unspecified atom stereocenters. The van der Waals surface area contributed by atoms with Gasteiger partial charge in [-0.25, -0.2) is 4.39 Å². The smallest absolute Gasteiger partial charge is 0.258 e. The van der Waals surface area contributed by atoms with Gasteiger partial charge in [-0.2, -0.15) is 0 Å². The topological polar surface area (TPSA) is 49.3 Å². The molecule has 0 radical (unpaired) electrons. The van der Waals surface area contributed by atoms with Gasteiger partial charge in [0.05, 0.1) is 10.6 Å². The average Bonchev–Trinajstić information content (AvgIpc) is 2.34. The second kappa shape index (κ2) is 5.06. The van der Waals surface area contributed by atoms with Crippen LogP contribution in [0.3, 0.4) is 0 Å². The molecule has 2 aromatic carbocycles. The molecule has 0 saturated carbocycles. The van der Waals surface area contributed by atoms with Crippen LogP contribution in [0.15, 0.2) is 42.5 Å². The quantitative estimate of drug-likeness (QED) is 0.874. The van der Waals surface area contributed by atoms with Gasteiger partial charge in [-0.3, -0.25) is 4.79 Å². The van der Waals surface area contributed by atoms with E-state index in [9.17, 15) is 14.3 Å². The molecule has 0 aliphatic heterocycles. The number of amides is 1. The molecule has 0 aliphatic rings. The zero-order valence-corrected chi connectivity index (χ0v) is 9.91. The van der Waals surface area contributed by atoms with Gasteiger partial charge in [0.2, 0.25) is 0 Å². The first kappa shape index (κ1) is 12.4. The van der Waals surface area contributed by atoms with Gasteiger partial charge >= 0.3 is 0 Å². The van der Waals surface area contributed by atoms with Gasteiger partial charge in [0, 0.05) is 11.8 Å². The lowest BCUT2D eigenvalue weighted by atomic mass is 10.2. The molecule has 92 valence electrons. The summed E-state index contributed by atoms with van der Waals surface area (Å²) in [4.78, 5) is 11.8. The highest BCUT2D eigenvalue weighted by atomic mass is 35.5. The van der Waals surface area contributed by atoms with Crippen molar-refractivity contribution in [2.24, 2.45) is 0 Å². The Morgan fingerprint density at radius 2 is 1.94 bits per heavy atom. The number of nitrogens with one attached hydrogen (secondary N) is 1. The fourth-order valence-electron chi connectivity index (χ4n) is 1.43. The molecule has 3 nitrogen and oxygen atoms in total. The summed E-state index contributed by atoms with van der Waals surface area (Å²) in [5.74, 6) is -1.34. The Balaban J connectivity index is 2.22. The highest BCUT2D eigenvalue weighted by Crippen LogP contribution is 2.26. The van der Waals surface area contributed by atoms with Crippen molar-refractivity contribution in [3.05, 3.63) is 58.9 Å². The fourth-order valence-corrected chi connectivity index (χ4v) is 1.55. The first-order valence-electron chi connectivity index (χ1n) is 5.12. The number of hydrogen-bond donors (Lipinski definition) is 2. The monoisotopic (exact) mass is 265 g/mol. The summed E-state index contributed by atoms with van der Waals surface area (Å²) in [6, 6.07) is 9.89. The van der Waals surface area contributed by atoms with Crippen molar-refractivity contribution >= 4 is 23.2 Å². The van der Waals surface area contributed by atoms with Crippen molar-refractivity contribution in [1.29, 1.82) is 0 Å². The number of hydrogen-bond acceptors (Lipinski definition) is 2. The third-order valence-corrected chi connectivity index (χ3v) is 2.64. The van der Waals surface area contributed by atoms with Gasteiger partial charge in [0.1, 0.15) is 11.6 Å². The van der Waals surface area contributed by atoms with Crippen LogP contribution in [0, 0.1) is 5.82 Å². The molecule has 2 N–H and O–H groups in total. The molecule has 0 bridgehead atoms. The Morgan fingerprint density at radius 1 is 1.22 bits per heavy atom. The maximum absolute atomic E-state index is 13.4. The minimum absolute atomic E-state index is 0.0630. The maximum Gasteiger partial charge on any atom is 0.258 e. The molecule has 0 heterocycles. The molecule has 18 heavy (non-hydrogen) atoms. The predicted molar refractivity (Wildman–Crippen MR) is 67.5 cm³/mol. The van der Waals surface area contributed by atoms with Gasteiger partial charge in [-0.05, 0) is 24.3 Å². The SMILES string of the molecule is O=C(Nc1ccc(Cl)c(O)c1)c1ccccc1F. The largest absolute Gasteiger partial charge is 0.506 e. The van der Waals surface area contributed by atoms with E-state index < -0.39 is 11.7 Å². The van der Waals surface area contributed by atoms with Crippen LogP contribution in [0.5, 0.6) is 5.75 Å². The summed E-state index contributed by atoms with van der Waals surface area (Å²) in [5.41, 5.74) is 0.275. The third kappa shape index (κ3) is 2.60. The zero-order chi connectivity index (χ0) is 13.1. The van der Waals surface area contributed by atoms with Crippen molar-refractivity contribution in [3.8, 4) is 5.75 Å². The number of phenolic OH excluding ortho intramolecular Hbond substituents is 1. The van der Waals surface area contributed by atoms with E-state index >= 15 is 0 Å². The van der Waals surface area contributed by atoms with Gasteiger partial charge in [-0.15, -0.1) is 0 Å². The summed E-state index contributed by atoms with van der Waals surface area (Å²) in [6.45, 7) is 0. The van der Waals surface area contributed by atoms with Crippen LogP contribution in [0.2, 0.25) is 5.02 Å². The lowest BCUT2D eigenvalue weighted by molar-refractivity contribution is 0.102. The number of anilines is 1. The summed E-state index contributed by atoms with van der Waals surface area (Å²) in [5, 5.41) is 12.0. The first-order valence-corrected chi connectivity index (χ1v) is 5.50. The Labute approximate surface area is 108 Å². The van der Waals surface area contributed by atoms with Crippen molar-refractivity contribution in [2.75, 3.05) is 5.32 Å². The second-order valence-electron chi connectivity index (χ2n) is 3.60. The number of carbonyl (C=O) groups excluding carboxylic acids is 1. The molecular formula is C13H9ClFNO2. The molecular weight excluding hydrogens is 257 g/mol. The number of aromatic hydroxyl groups is 1. The van der Waals surface area contributed by atoms with Gasteiger partial charge < -0.3 is 10.4 Å². The van der Waals surface area contributed by atoms with E-state index in [1.165, 1.54) is 36.4 Å². The normalized spacial score (nSPS) is 10.1. The molecule has 0 aliphatic carbocycles. The van der Waals surface area contributed by atoms with E-state index in [0.717, 1.165) is 0 Å². The summed E-state index contributed by atoms with van der Waals surface area (Å²) >= 11 is 5.64. The van der Waals surface area contributed by atoms with Crippen molar-refractivity contribution in [2.45, 2.75) is 0 Å². The van der Waals surface area contributed by atoms with Gasteiger partial charge in [-0.1, -0.05) is 23.7 Å². The average molecular weight is 266 g/mol. The Bertz CT molecular complexity index is 601. The summed E-state index contributed by atoms with van der Waals surface area (Å²) in [6.07, 6.45) is 0. The zero-order valence-electron chi connectivity index (χ0n) is 9.15. The third-order valence-electron chi connectivity index (χ3n) is 2.32. The van der Waals surface area contributed by atoms with Crippen LogP contribution in [-0.4, -0.2) is 11.0 Å². The van der Waals surface area contributed by atoms with Crippen molar-refractivity contribution < 1.29 is 14.3 Å². The Hall–Kier alpha value is -2.07. The predicted octanol–water partition coefficient (Wildman–Crippen LogP) is 3.44. The highest BCUT2D eigenvalue weighted by molar-refractivity contribution is 6.32. The van der Waals surface area contributed by atoms with Gasteiger partial charge in [0.25, 0.3) is 5.91 Å². The van der Waals surface area contributed by atoms with E-state index in [1.807, 2.05) is 0 Å². The number of rotatable bonds is 2. The second-order valence-corrected chi connectivity index (χ2v) is 4.01.